The van der Waals surface area contributed by atoms with E-state index in [4.69, 9.17) is 5.11 Å². The van der Waals surface area contributed by atoms with E-state index in [9.17, 15) is 31.5 Å². The van der Waals surface area contributed by atoms with Gasteiger partial charge in [0.2, 0.25) is 10.0 Å². The Hall–Kier alpha value is -1.85. The minimum Gasteiger partial charge on any atom is -0.481 e. The quantitative estimate of drug-likeness (QED) is 0.759. The largest absolute Gasteiger partial charge is 0.573 e. The molecule has 2 rings (SSSR count). The highest BCUT2D eigenvalue weighted by Crippen LogP contribution is 2.28. The Morgan fingerprint density at radius 1 is 1.23 bits per heavy atom. The zero-order chi connectivity index (χ0) is 19.5. The Labute approximate surface area is 148 Å². The number of ether oxygens (including phenoxy) is 1. The molecular weight excluding hydrogens is 379 g/mol. The molecule has 1 aromatic rings. The smallest absolute Gasteiger partial charge is 0.481 e. The van der Waals surface area contributed by atoms with E-state index in [0.717, 1.165) is 28.6 Å². The van der Waals surface area contributed by atoms with Crippen LogP contribution >= 0.6 is 0 Å². The van der Waals surface area contributed by atoms with E-state index in [1.165, 1.54) is 0 Å². The van der Waals surface area contributed by atoms with Gasteiger partial charge in [-0.15, -0.1) is 13.2 Å². The zero-order valence-electron chi connectivity index (χ0n) is 13.5. The lowest BCUT2D eigenvalue weighted by molar-refractivity contribution is -0.274. The summed E-state index contributed by atoms with van der Waals surface area (Å²) in [4.78, 5) is 10.5. The molecule has 1 saturated heterocycles. The maximum atomic E-state index is 12.5. The molecule has 7 nitrogen and oxygen atoms in total. The number of carboxylic acid groups (broad SMARTS) is 1. The monoisotopic (exact) mass is 397 g/mol. The predicted molar refractivity (Wildman–Crippen MR) is 82.9 cm³/mol. The average Bonchev–Trinajstić information content (AvgIpc) is 2.53. The van der Waals surface area contributed by atoms with Crippen LogP contribution in [-0.4, -0.2) is 54.5 Å². The molecule has 1 atom stereocenters. The number of nitrogens with zero attached hydrogens (tertiary/aromatic N) is 1. The zero-order valence-corrected chi connectivity index (χ0v) is 14.3. The second kappa shape index (κ2) is 7.80. The molecule has 1 fully saturated rings. The van der Waals surface area contributed by atoms with Gasteiger partial charge in [-0.2, -0.15) is 4.31 Å². The standard InChI is InChI=1S/C15H18F3NO6S/c16-15(17,18)25-11-1-3-12(4-2-11)26(23,24)19-7-5-10(6-8-19)13(20)9-14(21)22/h1-4,10,13,20H,5-9H2,(H,21,22). The molecule has 1 unspecified atom stereocenters. The molecule has 2 N–H and O–H groups in total. The number of aliphatic carboxylic acids is 1. The minimum absolute atomic E-state index is 0.0878. The van der Waals surface area contributed by atoms with Crippen LogP contribution in [0.2, 0.25) is 0 Å². The third-order valence-electron chi connectivity index (χ3n) is 4.12. The second-order valence-electron chi connectivity index (χ2n) is 5.93. The van der Waals surface area contributed by atoms with Crippen LogP contribution in [0.4, 0.5) is 13.2 Å². The van der Waals surface area contributed by atoms with Crippen LogP contribution in [-0.2, 0) is 14.8 Å². The summed E-state index contributed by atoms with van der Waals surface area (Å²) >= 11 is 0. The highest BCUT2D eigenvalue weighted by atomic mass is 32.2. The molecule has 146 valence electrons. The third kappa shape index (κ3) is 5.32. The summed E-state index contributed by atoms with van der Waals surface area (Å²) in [5, 5.41) is 18.5. The van der Waals surface area contributed by atoms with Crippen LogP contribution in [0.25, 0.3) is 0 Å². The maximum Gasteiger partial charge on any atom is 0.573 e. The minimum atomic E-state index is -4.86. The number of carbonyl (C=O) groups is 1. The van der Waals surface area contributed by atoms with E-state index in [1.807, 2.05) is 0 Å². The Bertz CT molecular complexity index is 727. The molecule has 0 amide bonds. The highest BCUT2D eigenvalue weighted by Gasteiger charge is 2.34. The number of benzene rings is 1. The number of hydrogen-bond donors (Lipinski definition) is 2. The molecule has 0 aromatic heterocycles. The van der Waals surface area contributed by atoms with Gasteiger partial charge in [-0.25, -0.2) is 8.42 Å². The van der Waals surface area contributed by atoms with Crippen LogP contribution in [0, 0.1) is 5.92 Å². The van der Waals surface area contributed by atoms with Crippen molar-refractivity contribution in [3.05, 3.63) is 24.3 Å². The van der Waals surface area contributed by atoms with Crippen LogP contribution in [0.5, 0.6) is 5.75 Å². The molecule has 1 heterocycles. The molecule has 26 heavy (non-hydrogen) atoms. The predicted octanol–water partition coefficient (Wildman–Crippen LogP) is 1.82. The molecule has 0 aliphatic carbocycles. The molecule has 0 bridgehead atoms. The number of aliphatic hydroxyl groups excluding tert-OH is 1. The summed E-state index contributed by atoms with van der Waals surface area (Å²) < 4.78 is 66.4. The number of aliphatic hydroxyl groups is 1. The van der Waals surface area contributed by atoms with Gasteiger partial charge in [0, 0.05) is 13.1 Å². The van der Waals surface area contributed by atoms with Gasteiger partial charge in [-0.1, -0.05) is 0 Å². The van der Waals surface area contributed by atoms with Crippen molar-refractivity contribution >= 4 is 16.0 Å². The topological polar surface area (TPSA) is 104 Å². The SMILES string of the molecule is O=C(O)CC(O)C1CCN(S(=O)(=O)c2ccc(OC(F)(F)F)cc2)CC1. The van der Waals surface area contributed by atoms with Crippen molar-refractivity contribution in [2.45, 2.75) is 36.6 Å². The van der Waals surface area contributed by atoms with Crippen molar-refractivity contribution in [1.29, 1.82) is 0 Å². The van der Waals surface area contributed by atoms with Crippen molar-refractivity contribution in [2.24, 2.45) is 5.92 Å². The van der Waals surface area contributed by atoms with Gasteiger partial charge < -0.3 is 14.9 Å². The van der Waals surface area contributed by atoms with Crippen LogP contribution in [0.3, 0.4) is 0 Å². The Morgan fingerprint density at radius 3 is 2.23 bits per heavy atom. The Kier molecular flexibility index (Phi) is 6.14. The van der Waals surface area contributed by atoms with Gasteiger partial charge in [0.1, 0.15) is 5.75 Å². The summed E-state index contributed by atoms with van der Waals surface area (Å²) in [5.74, 6) is -1.97. The number of piperidine rings is 1. The van der Waals surface area contributed by atoms with Crippen LogP contribution < -0.4 is 4.74 Å². The lowest BCUT2D eigenvalue weighted by Crippen LogP contribution is -2.41. The highest BCUT2D eigenvalue weighted by molar-refractivity contribution is 7.89. The van der Waals surface area contributed by atoms with E-state index in [1.54, 1.807) is 0 Å². The van der Waals surface area contributed by atoms with E-state index < -0.39 is 40.6 Å². The summed E-state index contributed by atoms with van der Waals surface area (Å²) in [7, 11) is -3.90. The molecule has 11 heteroatoms. The van der Waals surface area contributed by atoms with Crippen molar-refractivity contribution < 1.29 is 41.3 Å². The number of hydrogen-bond acceptors (Lipinski definition) is 5. The number of sulfonamides is 1. The van der Waals surface area contributed by atoms with Gasteiger partial charge in [-0.3, -0.25) is 4.79 Å². The lowest BCUT2D eigenvalue weighted by Gasteiger charge is -2.33. The van der Waals surface area contributed by atoms with E-state index in [-0.39, 0.29) is 23.9 Å². The van der Waals surface area contributed by atoms with E-state index >= 15 is 0 Å². The summed E-state index contributed by atoms with van der Waals surface area (Å²) in [6, 6.07) is 3.90. The molecule has 0 spiro atoms. The first-order valence-corrected chi connectivity index (χ1v) is 9.19. The van der Waals surface area contributed by atoms with Gasteiger partial charge >= 0.3 is 12.3 Å². The van der Waals surface area contributed by atoms with Crippen molar-refractivity contribution in [3.8, 4) is 5.75 Å². The molecule has 1 aliphatic heterocycles. The number of carboxylic acids is 1. The first-order chi connectivity index (χ1) is 12.0. The first kappa shape index (κ1) is 20.5. The van der Waals surface area contributed by atoms with Gasteiger partial charge in [-0.05, 0) is 43.0 Å². The van der Waals surface area contributed by atoms with Crippen LogP contribution in [0.15, 0.2) is 29.2 Å². The molecule has 0 radical (unpaired) electrons. The molecular formula is C15H18F3NO6S. The average molecular weight is 397 g/mol. The molecule has 1 aromatic carbocycles. The van der Waals surface area contributed by atoms with E-state index in [0.29, 0.717) is 12.8 Å². The van der Waals surface area contributed by atoms with Crippen molar-refractivity contribution in [2.75, 3.05) is 13.1 Å². The van der Waals surface area contributed by atoms with Crippen molar-refractivity contribution in [3.63, 3.8) is 0 Å². The number of rotatable bonds is 6. The Balaban J connectivity index is 2.01. The van der Waals surface area contributed by atoms with E-state index in [2.05, 4.69) is 4.74 Å². The van der Waals surface area contributed by atoms with Gasteiger partial charge in [0.15, 0.2) is 0 Å². The number of alkyl halides is 3. The summed E-state index contributed by atoms with van der Waals surface area (Å²) in [5.41, 5.74) is 0. The maximum absolute atomic E-state index is 12.5. The third-order valence-corrected chi connectivity index (χ3v) is 6.03. The van der Waals surface area contributed by atoms with Gasteiger partial charge in [0.25, 0.3) is 0 Å². The second-order valence-corrected chi connectivity index (χ2v) is 7.86. The summed E-state index contributed by atoms with van der Waals surface area (Å²) in [6.07, 6.45) is -5.72. The van der Waals surface area contributed by atoms with Gasteiger partial charge in [0.05, 0.1) is 17.4 Å². The number of halogens is 3. The summed E-state index contributed by atoms with van der Waals surface area (Å²) in [6.45, 7) is 0.176. The van der Waals surface area contributed by atoms with Crippen LogP contribution in [0.1, 0.15) is 19.3 Å². The molecule has 1 aliphatic rings. The fraction of sp³-hybridized carbons (Fsp3) is 0.533. The fourth-order valence-electron chi connectivity index (χ4n) is 2.81. The normalized spacial score (nSPS) is 18.5. The Morgan fingerprint density at radius 2 is 1.77 bits per heavy atom. The molecule has 0 saturated carbocycles. The lowest BCUT2D eigenvalue weighted by atomic mass is 9.90. The first-order valence-electron chi connectivity index (χ1n) is 7.75. The fourth-order valence-corrected chi connectivity index (χ4v) is 4.28. The van der Waals surface area contributed by atoms with Crippen molar-refractivity contribution in [1.82, 2.24) is 4.31 Å².